The number of rotatable bonds is 13. The summed E-state index contributed by atoms with van der Waals surface area (Å²) >= 11 is 0. The van der Waals surface area contributed by atoms with Crippen LogP contribution in [0.1, 0.15) is 0 Å². The monoisotopic (exact) mass is 470 g/mol. The quantitative estimate of drug-likeness (QED) is 0.125. The maximum Gasteiger partial charge on any atom is 0.478 e. The summed E-state index contributed by atoms with van der Waals surface area (Å²) in [6.45, 7) is -2.25. The number of carbonyl (C=O) groups is 4. The Hall–Kier alpha value is -1.94. The van der Waals surface area contributed by atoms with E-state index in [9.17, 15) is 28.3 Å². The smallest absolute Gasteiger partial charge is 0.478 e. The number of aliphatic carboxylic acids is 4. The molecule has 0 spiro atoms. The van der Waals surface area contributed by atoms with Crippen LogP contribution in [0.15, 0.2) is 0 Å². The van der Waals surface area contributed by atoms with Crippen molar-refractivity contribution in [3.8, 4) is 0 Å². The molecule has 0 bridgehead atoms. The van der Waals surface area contributed by atoms with Crippen molar-refractivity contribution in [2.24, 2.45) is 0 Å². The molecule has 29 heavy (non-hydrogen) atoms. The van der Waals surface area contributed by atoms with Gasteiger partial charge >= 0.3 is 39.5 Å². The van der Waals surface area contributed by atoms with Crippen molar-refractivity contribution in [1.29, 1.82) is 0 Å². The zero-order valence-electron chi connectivity index (χ0n) is 14.5. The van der Waals surface area contributed by atoms with E-state index >= 15 is 0 Å². The summed E-state index contributed by atoms with van der Waals surface area (Å²) in [5, 5.41) is 34.5. The van der Waals surface area contributed by atoms with Crippen molar-refractivity contribution in [2.75, 3.05) is 39.3 Å². The number of hydrogen-bond acceptors (Lipinski definition) is 9. The highest BCUT2D eigenvalue weighted by Crippen LogP contribution is 2.53. The van der Waals surface area contributed by atoms with Gasteiger partial charge in [-0.25, -0.2) is 9.13 Å². The Kier molecular flexibility index (Phi) is 13.4. The van der Waals surface area contributed by atoms with Crippen LogP contribution in [0, 0.1) is 0 Å². The zero-order valence-corrected chi connectivity index (χ0v) is 16.3. The predicted molar refractivity (Wildman–Crippen MR) is 88.6 cm³/mol. The summed E-state index contributed by atoms with van der Waals surface area (Å²) in [7, 11) is -10.1. The van der Waals surface area contributed by atoms with Gasteiger partial charge in [-0.2, -0.15) is 4.31 Å². The Morgan fingerprint density at radius 1 is 0.586 bits per heavy atom. The van der Waals surface area contributed by atoms with E-state index in [1.807, 2.05) is 0 Å². The van der Waals surface area contributed by atoms with Gasteiger partial charge < -0.3 is 40.0 Å². The molecule has 0 aromatic heterocycles. The lowest BCUT2D eigenvalue weighted by atomic mass is 10.4. The summed E-state index contributed by atoms with van der Waals surface area (Å²) < 4.78 is 22.2. The lowest BCUT2D eigenvalue weighted by Gasteiger charge is -2.23. The standard InChI is InChI=1S/C10H16N2O8.H4O7P2/c13-7(14)3-11(4-8(15)16)1-2-12(5-9(17)18)6-10(19)20;1-8(2,3)7-9(4,5)6/h1-6H2,(H,13,14)(H,15,16)(H,17,18)(H,19,20);(H2,1,2,3)(H2,4,5,6). The predicted octanol–water partition coefficient (Wildman–Crippen LogP) is -2.88. The molecule has 0 rings (SSSR count). The van der Waals surface area contributed by atoms with Crippen LogP contribution in [-0.2, 0) is 32.6 Å². The van der Waals surface area contributed by atoms with E-state index in [0.717, 1.165) is 9.80 Å². The van der Waals surface area contributed by atoms with E-state index < -0.39 is 65.7 Å². The van der Waals surface area contributed by atoms with E-state index in [0.29, 0.717) is 0 Å². The number of hydrogen-bond donors (Lipinski definition) is 8. The van der Waals surface area contributed by atoms with Crippen LogP contribution < -0.4 is 0 Å². The first kappa shape index (κ1) is 29.3. The topological polar surface area (TPSA) is 280 Å². The minimum Gasteiger partial charge on any atom is -0.480 e. The number of phosphoric acid groups is 2. The molecule has 0 aliphatic carbocycles. The molecule has 0 heterocycles. The van der Waals surface area contributed by atoms with Crippen molar-refractivity contribution >= 4 is 39.5 Å². The third-order valence-electron chi connectivity index (χ3n) is 2.38. The molecule has 0 aromatic rings. The third-order valence-corrected chi connectivity index (χ3v) is 4.08. The molecule has 0 saturated carbocycles. The lowest BCUT2D eigenvalue weighted by molar-refractivity contribution is -0.145. The average Bonchev–Trinajstić information content (AvgIpc) is 2.38. The van der Waals surface area contributed by atoms with E-state index in [2.05, 4.69) is 4.31 Å². The fourth-order valence-electron chi connectivity index (χ4n) is 1.61. The molecule has 0 saturated heterocycles. The second-order valence-corrected chi connectivity index (χ2v) is 7.67. The van der Waals surface area contributed by atoms with Crippen LogP contribution >= 0.6 is 15.6 Å². The highest BCUT2D eigenvalue weighted by Gasteiger charge is 2.28. The van der Waals surface area contributed by atoms with Crippen molar-refractivity contribution in [2.45, 2.75) is 0 Å². The molecular weight excluding hydrogens is 450 g/mol. The average molecular weight is 470 g/mol. The van der Waals surface area contributed by atoms with Crippen molar-refractivity contribution < 1.29 is 72.6 Å². The molecule has 0 aromatic carbocycles. The zero-order chi connectivity index (χ0) is 23.4. The van der Waals surface area contributed by atoms with Gasteiger partial charge in [-0.3, -0.25) is 29.0 Å². The van der Waals surface area contributed by atoms with E-state index in [1.54, 1.807) is 0 Å². The Morgan fingerprint density at radius 3 is 0.897 bits per heavy atom. The molecule has 0 amide bonds. The van der Waals surface area contributed by atoms with Crippen molar-refractivity contribution in [3.05, 3.63) is 0 Å². The molecule has 19 heteroatoms. The Balaban J connectivity index is 0. The summed E-state index contributed by atoms with van der Waals surface area (Å²) in [5.41, 5.74) is 0. The molecule has 8 N–H and O–H groups in total. The molecule has 0 atom stereocenters. The second-order valence-electron chi connectivity index (χ2n) is 5.06. The minimum atomic E-state index is -5.05. The highest BCUT2D eigenvalue weighted by atomic mass is 31.3. The number of carboxylic acid groups (broad SMARTS) is 4. The minimum absolute atomic E-state index is 0.0703. The lowest BCUT2D eigenvalue weighted by Crippen LogP contribution is -2.43. The SMILES string of the molecule is O=C(O)CN(CCN(CC(=O)O)CC(=O)O)CC(=O)O.O=P(O)(O)OP(=O)(O)O. The molecule has 0 fully saturated rings. The third kappa shape index (κ3) is 24.0. The maximum absolute atomic E-state index is 10.6. The van der Waals surface area contributed by atoms with Crippen molar-refractivity contribution in [3.63, 3.8) is 0 Å². The molecule has 0 radical (unpaired) electrons. The molecule has 17 nitrogen and oxygen atoms in total. The summed E-state index contributed by atoms with van der Waals surface area (Å²) in [5.74, 6) is -4.91. The fraction of sp³-hybridized carbons (Fsp3) is 0.600. The maximum atomic E-state index is 10.6. The van der Waals surface area contributed by atoms with Gasteiger partial charge in [-0.05, 0) is 0 Å². The van der Waals surface area contributed by atoms with Crippen LogP contribution in [0.5, 0.6) is 0 Å². The van der Waals surface area contributed by atoms with Gasteiger partial charge in [-0.15, -0.1) is 0 Å². The normalized spacial score (nSPS) is 11.7. The Labute approximate surface area is 162 Å². The first-order chi connectivity index (χ1) is 12.9. The summed E-state index contributed by atoms with van der Waals surface area (Å²) in [6.07, 6.45) is 0. The molecular formula is C10H20N2O15P2. The first-order valence-corrected chi connectivity index (χ1v) is 10.1. The van der Waals surface area contributed by atoms with Crippen LogP contribution in [0.2, 0.25) is 0 Å². The van der Waals surface area contributed by atoms with Gasteiger partial charge in [-0.1, -0.05) is 0 Å². The number of carboxylic acids is 4. The van der Waals surface area contributed by atoms with Gasteiger partial charge in [0.15, 0.2) is 0 Å². The fourth-order valence-corrected chi connectivity index (χ4v) is 2.72. The van der Waals surface area contributed by atoms with Crippen LogP contribution in [0.3, 0.4) is 0 Å². The van der Waals surface area contributed by atoms with Crippen LogP contribution in [0.4, 0.5) is 0 Å². The number of nitrogens with zero attached hydrogens (tertiary/aromatic N) is 2. The Morgan fingerprint density at radius 2 is 0.793 bits per heavy atom. The van der Waals surface area contributed by atoms with Crippen LogP contribution in [-0.4, -0.2) is 113 Å². The molecule has 170 valence electrons. The van der Waals surface area contributed by atoms with Crippen molar-refractivity contribution in [1.82, 2.24) is 9.80 Å². The van der Waals surface area contributed by atoms with Gasteiger partial charge in [0.2, 0.25) is 0 Å². The van der Waals surface area contributed by atoms with E-state index in [-0.39, 0.29) is 13.1 Å². The highest BCUT2D eigenvalue weighted by molar-refractivity contribution is 7.60. The van der Waals surface area contributed by atoms with E-state index in [1.165, 1.54) is 0 Å². The van der Waals surface area contributed by atoms with Gasteiger partial charge in [0.1, 0.15) is 0 Å². The van der Waals surface area contributed by atoms with Gasteiger partial charge in [0.05, 0.1) is 26.2 Å². The molecule has 0 aliphatic heterocycles. The summed E-state index contributed by atoms with van der Waals surface area (Å²) in [4.78, 5) is 75.4. The summed E-state index contributed by atoms with van der Waals surface area (Å²) in [6, 6.07) is 0. The van der Waals surface area contributed by atoms with Gasteiger partial charge in [0.25, 0.3) is 0 Å². The van der Waals surface area contributed by atoms with Gasteiger partial charge in [0, 0.05) is 13.1 Å². The first-order valence-electron chi connectivity index (χ1n) is 7.05. The Bertz CT molecular complexity index is 582. The van der Waals surface area contributed by atoms with E-state index in [4.69, 9.17) is 40.0 Å². The molecule has 0 unspecified atom stereocenters. The second kappa shape index (κ2) is 13.3. The largest absolute Gasteiger partial charge is 0.480 e. The van der Waals surface area contributed by atoms with Crippen LogP contribution in [0.25, 0.3) is 0 Å². The molecule has 0 aliphatic rings.